The van der Waals surface area contributed by atoms with Crippen molar-refractivity contribution in [2.75, 3.05) is 0 Å². The van der Waals surface area contributed by atoms with Crippen molar-refractivity contribution in [1.82, 2.24) is 19.1 Å². The fraction of sp³-hybridized carbons (Fsp3) is 0. The molecular weight excluding hydrogens is 512 g/mol. The summed E-state index contributed by atoms with van der Waals surface area (Å²) < 4.78 is 4.65. The second kappa shape index (κ2) is 8.88. The second-order valence-corrected chi connectivity index (χ2v) is 10.7. The van der Waals surface area contributed by atoms with Gasteiger partial charge >= 0.3 is 0 Å². The largest absolute Gasteiger partial charge is 0.309 e. The van der Waals surface area contributed by atoms with Crippen LogP contribution in [0.4, 0.5) is 0 Å². The monoisotopic (exact) mass is 536 g/mol. The van der Waals surface area contributed by atoms with Crippen LogP contribution < -0.4 is 0 Å². The molecule has 42 heavy (non-hydrogen) atoms. The third-order valence-corrected chi connectivity index (χ3v) is 8.38. The summed E-state index contributed by atoms with van der Waals surface area (Å²) in [4.78, 5) is 9.64. The molecule has 0 aliphatic rings. The van der Waals surface area contributed by atoms with Gasteiger partial charge < -0.3 is 4.57 Å². The Labute approximate surface area is 241 Å². The van der Waals surface area contributed by atoms with Crippen LogP contribution in [0.3, 0.4) is 0 Å². The zero-order valence-electron chi connectivity index (χ0n) is 22.6. The lowest BCUT2D eigenvalue weighted by molar-refractivity contribution is 1.04. The number of hydrogen-bond donors (Lipinski definition) is 0. The van der Waals surface area contributed by atoms with Crippen LogP contribution in [0, 0.1) is 0 Å². The van der Waals surface area contributed by atoms with Crippen molar-refractivity contribution in [3.63, 3.8) is 0 Å². The maximum Gasteiger partial charge on any atom is 0.161 e. The summed E-state index contributed by atoms with van der Waals surface area (Å²) in [6, 6.07) is 49.3. The number of para-hydroxylation sites is 3. The average molecular weight is 537 g/mol. The molecule has 0 atom stereocenters. The zero-order chi connectivity index (χ0) is 27.6. The number of fused-ring (bicyclic) bond motifs is 9. The molecule has 0 N–H and O–H groups in total. The van der Waals surface area contributed by atoms with Crippen LogP contribution in [-0.4, -0.2) is 19.1 Å². The quantitative estimate of drug-likeness (QED) is 0.225. The number of hydrogen-bond acceptors (Lipinski definition) is 2. The van der Waals surface area contributed by atoms with Crippen LogP contribution in [0.25, 0.3) is 77.3 Å². The highest BCUT2D eigenvalue weighted by Gasteiger charge is 2.19. The summed E-state index contributed by atoms with van der Waals surface area (Å²) in [6.45, 7) is 0. The molecule has 0 bridgehead atoms. The number of nitrogens with zero attached hydrogens (tertiary/aromatic N) is 4. The molecule has 6 aromatic carbocycles. The maximum atomic E-state index is 5.04. The summed E-state index contributed by atoms with van der Waals surface area (Å²) >= 11 is 0. The standard InChI is InChI=1S/C38H24N4/c1-3-11-25(12-4-1)38-39-24-23-35(40-38)42-32-18-10-8-16-30(32)37-28-19-21-33-36(27(28)20-22-34(37)42)29-15-7-9-17-31(29)41(33)26-13-5-2-6-14-26/h1-24H. The second-order valence-electron chi connectivity index (χ2n) is 10.7. The van der Waals surface area contributed by atoms with Crippen molar-refractivity contribution in [3.05, 3.63) is 146 Å². The molecule has 3 heterocycles. The van der Waals surface area contributed by atoms with Gasteiger partial charge in [0.1, 0.15) is 5.82 Å². The van der Waals surface area contributed by atoms with Crippen LogP contribution in [0.15, 0.2) is 146 Å². The Balaban J connectivity index is 1.38. The van der Waals surface area contributed by atoms with Crippen molar-refractivity contribution in [2.24, 2.45) is 0 Å². The molecule has 0 radical (unpaired) electrons. The van der Waals surface area contributed by atoms with Crippen molar-refractivity contribution in [1.29, 1.82) is 0 Å². The molecule has 0 spiro atoms. The molecule has 0 aliphatic carbocycles. The van der Waals surface area contributed by atoms with E-state index in [0.717, 1.165) is 28.2 Å². The average Bonchev–Trinajstić information content (AvgIpc) is 3.59. The molecule has 0 saturated heterocycles. The van der Waals surface area contributed by atoms with E-state index in [-0.39, 0.29) is 0 Å². The third kappa shape index (κ3) is 3.23. The molecule has 9 aromatic rings. The third-order valence-electron chi connectivity index (χ3n) is 8.38. The Morgan fingerprint density at radius 2 is 0.952 bits per heavy atom. The Kier molecular flexibility index (Phi) is 4.87. The lowest BCUT2D eigenvalue weighted by Gasteiger charge is -2.10. The number of benzene rings is 6. The lowest BCUT2D eigenvalue weighted by atomic mass is 9.99. The Morgan fingerprint density at radius 3 is 1.62 bits per heavy atom. The first kappa shape index (κ1) is 23.0. The zero-order valence-corrected chi connectivity index (χ0v) is 22.6. The maximum absolute atomic E-state index is 5.04. The van der Waals surface area contributed by atoms with E-state index in [2.05, 4.69) is 129 Å². The topological polar surface area (TPSA) is 35.6 Å². The van der Waals surface area contributed by atoms with Crippen molar-refractivity contribution in [3.8, 4) is 22.9 Å². The Bertz CT molecular complexity index is 2450. The molecule has 0 amide bonds. The summed E-state index contributed by atoms with van der Waals surface area (Å²) in [5, 5.41) is 7.47. The van der Waals surface area contributed by atoms with E-state index >= 15 is 0 Å². The molecule has 0 fully saturated rings. The highest BCUT2D eigenvalue weighted by molar-refractivity contribution is 6.29. The van der Waals surface area contributed by atoms with Gasteiger partial charge in [0, 0.05) is 39.0 Å². The van der Waals surface area contributed by atoms with E-state index in [0.29, 0.717) is 0 Å². The van der Waals surface area contributed by atoms with Crippen molar-refractivity contribution in [2.45, 2.75) is 0 Å². The summed E-state index contributed by atoms with van der Waals surface area (Å²) in [5.74, 6) is 1.58. The van der Waals surface area contributed by atoms with Gasteiger partial charge in [0.05, 0.1) is 22.1 Å². The first-order valence-corrected chi connectivity index (χ1v) is 14.2. The van der Waals surface area contributed by atoms with Crippen LogP contribution >= 0.6 is 0 Å². The SMILES string of the molecule is c1ccc(-c2nccc(-n3c4ccccc4c4c5ccc6c(c5ccc43)c3ccccc3n6-c3ccccc3)n2)cc1. The Morgan fingerprint density at radius 1 is 0.405 bits per heavy atom. The van der Waals surface area contributed by atoms with Gasteiger partial charge in [-0.1, -0.05) is 97.1 Å². The first-order valence-electron chi connectivity index (χ1n) is 14.2. The van der Waals surface area contributed by atoms with E-state index < -0.39 is 0 Å². The predicted molar refractivity (Wildman–Crippen MR) is 174 cm³/mol. The first-order chi connectivity index (χ1) is 20.9. The number of aromatic nitrogens is 4. The molecule has 4 heteroatoms. The van der Waals surface area contributed by atoms with Gasteiger partial charge in [-0.25, -0.2) is 9.97 Å². The fourth-order valence-corrected chi connectivity index (χ4v) is 6.64. The molecule has 9 rings (SSSR count). The lowest BCUT2D eigenvalue weighted by Crippen LogP contribution is -2.00. The van der Waals surface area contributed by atoms with Crippen molar-refractivity contribution >= 4 is 54.4 Å². The van der Waals surface area contributed by atoms with Gasteiger partial charge in [-0.2, -0.15) is 0 Å². The molecule has 0 saturated carbocycles. The van der Waals surface area contributed by atoms with E-state index in [1.54, 1.807) is 0 Å². The molecule has 0 unspecified atom stereocenters. The van der Waals surface area contributed by atoms with Crippen LogP contribution in [-0.2, 0) is 0 Å². The minimum Gasteiger partial charge on any atom is -0.309 e. The van der Waals surface area contributed by atoms with Gasteiger partial charge in [0.25, 0.3) is 0 Å². The smallest absolute Gasteiger partial charge is 0.161 e. The molecule has 196 valence electrons. The molecule has 4 nitrogen and oxygen atoms in total. The van der Waals surface area contributed by atoms with E-state index in [1.165, 1.54) is 49.0 Å². The van der Waals surface area contributed by atoms with Gasteiger partial charge in [-0.15, -0.1) is 0 Å². The summed E-state index contributed by atoms with van der Waals surface area (Å²) in [5.41, 5.74) is 6.85. The van der Waals surface area contributed by atoms with Crippen LogP contribution in [0.1, 0.15) is 0 Å². The van der Waals surface area contributed by atoms with Crippen molar-refractivity contribution < 1.29 is 0 Å². The minimum atomic E-state index is 0.718. The van der Waals surface area contributed by atoms with Gasteiger partial charge in [-0.3, -0.25) is 4.57 Å². The van der Waals surface area contributed by atoms with Crippen LogP contribution in [0.2, 0.25) is 0 Å². The predicted octanol–water partition coefficient (Wildman–Crippen LogP) is 9.49. The van der Waals surface area contributed by atoms with E-state index in [4.69, 9.17) is 4.98 Å². The van der Waals surface area contributed by atoms with Gasteiger partial charge in [0.15, 0.2) is 5.82 Å². The van der Waals surface area contributed by atoms with E-state index in [9.17, 15) is 0 Å². The Hall–Kier alpha value is -5.74. The highest BCUT2D eigenvalue weighted by atomic mass is 15.1. The number of rotatable bonds is 3. The molecule has 3 aromatic heterocycles. The normalized spacial score (nSPS) is 11.8. The van der Waals surface area contributed by atoms with E-state index in [1.807, 2.05) is 30.5 Å². The summed E-state index contributed by atoms with van der Waals surface area (Å²) in [7, 11) is 0. The highest BCUT2D eigenvalue weighted by Crippen LogP contribution is 2.42. The molecular formula is C38H24N4. The minimum absolute atomic E-state index is 0.718. The van der Waals surface area contributed by atoms with Crippen LogP contribution in [0.5, 0.6) is 0 Å². The van der Waals surface area contributed by atoms with Gasteiger partial charge in [-0.05, 0) is 53.2 Å². The fourth-order valence-electron chi connectivity index (χ4n) is 6.64. The molecule has 0 aliphatic heterocycles. The van der Waals surface area contributed by atoms with Gasteiger partial charge in [0.2, 0.25) is 0 Å². The summed E-state index contributed by atoms with van der Waals surface area (Å²) in [6.07, 6.45) is 1.86.